The van der Waals surface area contributed by atoms with Gasteiger partial charge in [-0.2, -0.15) is 0 Å². The molecule has 0 aliphatic carbocycles. The van der Waals surface area contributed by atoms with Crippen LogP contribution in [0.1, 0.15) is 24.3 Å². The fourth-order valence-corrected chi connectivity index (χ4v) is 2.30. The van der Waals surface area contributed by atoms with E-state index < -0.39 is 0 Å². The highest BCUT2D eigenvalue weighted by molar-refractivity contribution is 5.98. The first-order valence-corrected chi connectivity index (χ1v) is 7.49. The van der Waals surface area contributed by atoms with Crippen molar-refractivity contribution >= 4 is 5.91 Å². The number of nitrogens with one attached hydrogen (secondary N) is 1. The second kappa shape index (κ2) is 6.57. The Labute approximate surface area is 138 Å². The average Bonchev–Trinajstić information content (AvgIpc) is 3.01. The van der Waals surface area contributed by atoms with E-state index in [1.54, 1.807) is 36.7 Å². The number of benzene rings is 1. The van der Waals surface area contributed by atoms with Crippen LogP contribution in [0.2, 0.25) is 0 Å². The van der Waals surface area contributed by atoms with Gasteiger partial charge in [0.05, 0.1) is 5.69 Å². The van der Waals surface area contributed by atoms with E-state index in [0.717, 1.165) is 5.56 Å². The van der Waals surface area contributed by atoms with Crippen LogP contribution in [0.4, 0.5) is 4.39 Å². The van der Waals surface area contributed by atoms with E-state index in [-0.39, 0.29) is 23.5 Å². The highest BCUT2D eigenvalue weighted by Crippen LogP contribution is 2.25. The van der Waals surface area contributed by atoms with E-state index in [2.05, 4.69) is 20.6 Å². The average molecular weight is 325 g/mol. The molecule has 2 aromatic heterocycles. The highest BCUT2D eigenvalue weighted by Gasteiger charge is 2.22. The van der Waals surface area contributed by atoms with Gasteiger partial charge in [0.15, 0.2) is 5.69 Å². The van der Waals surface area contributed by atoms with Gasteiger partial charge in [-0.05, 0) is 50.2 Å². The quantitative estimate of drug-likeness (QED) is 0.800. The number of halogens is 1. The summed E-state index contributed by atoms with van der Waals surface area (Å²) >= 11 is 0. The van der Waals surface area contributed by atoms with Crippen molar-refractivity contribution in [3.05, 3.63) is 60.3 Å². The standard InChI is InChI=1S/C17H16FN5O/c1-11(2)20-17(24)15-16(12-7-9-19-10-8-12)23(22-21-15)14-5-3-13(18)4-6-14/h3-11H,1-2H3,(H,20,24). The summed E-state index contributed by atoms with van der Waals surface area (Å²) in [5.41, 5.74) is 2.09. The summed E-state index contributed by atoms with van der Waals surface area (Å²) in [6, 6.07) is 9.34. The second-order valence-corrected chi connectivity index (χ2v) is 5.54. The molecule has 0 spiro atoms. The molecule has 1 aromatic carbocycles. The summed E-state index contributed by atoms with van der Waals surface area (Å²) in [6.45, 7) is 3.74. The Kier molecular flexibility index (Phi) is 4.33. The van der Waals surface area contributed by atoms with Crippen molar-refractivity contribution in [2.75, 3.05) is 0 Å². The van der Waals surface area contributed by atoms with Crippen molar-refractivity contribution in [2.45, 2.75) is 19.9 Å². The maximum Gasteiger partial charge on any atom is 0.274 e. The second-order valence-electron chi connectivity index (χ2n) is 5.54. The summed E-state index contributed by atoms with van der Waals surface area (Å²) in [5, 5.41) is 10.9. The first-order chi connectivity index (χ1) is 11.6. The molecule has 3 rings (SSSR count). The fourth-order valence-electron chi connectivity index (χ4n) is 2.30. The molecule has 0 saturated heterocycles. The summed E-state index contributed by atoms with van der Waals surface area (Å²) < 4.78 is 14.7. The Hall–Kier alpha value is -3.09. The minimum Gasteiger partial charge on any atom is -0.348 e. The zero-order chi connectivity index (χ0) is 17.1. The molecule has 0 atom stereocenters. The van der Waals surface area contributed by atoms with Gasteiger partial charge in [-0.15, -0.1) is 5.10 Å². The smallest absolute Gasteiger partial charge is 0.274 e. The lowest BCUT2D eigenvalue weighted by Gasteiger charge is -2.10. The molecule has 6 nitrogen and oxygen atoms in total. The van der Waals surface area contributed by atoms with E-state index in [0.29, 0.717) is 11.4 Å². The molecular formula is C17H16FN5O. The van der Waals surface area contributed by atoms with Gasteiger partial charge in [-0.1, -0.05) is 5.21 Å². The summed E-state index contributed by atoms with van der Waals surface area (Å²) in [5.74, 6) is -0.660. The minimum atomic E-state index is -0.345. The Bertz CT molecular complexity index is 843. The van der Waals surface area contributed by atoms with E-state index in [4.69, 9.17) is 0 Å². The number of hydrogen-bond donors (Lipinski definition) is 1. The van der Waals surface area contributed by atoms with Crippen LogP contribution >= 0.6 is 0 Å². The monoisotopic (exact) mass is 325 g/mol. The zero-order valence-corrected chi connectivity index (χ0v) is 13.3. The van der Waals surface area contributed by atoms with Gasteiger partial charge in [-0.3, -0.25) is 9.78 Å². The van der Waals surface area contributed by atoms with Crippen LogP contribution in [-0.4, -0.2) is 31.9 Å². The molecule has 0 unspecified atom stereocenters. The van der Waals surface area contributed by atoms with Gasteiger partial charge in [-0.25, -0.2) is 9.07 Å². The van der Waals surface area contributed by atoms with Crippen LogP contribution in [0, 0.1) is 5.82 Å². The maximum atomic E-state index is 13.2. The molecule has 0 bridgehead atoms. The fraction of sp³-hybridized carbons (Fsp3) is 0.176. The van der Waals surface area contributed by atoms with Crippen LogP contribution < -0.4 is 5.32 Å². The topological polar surface area (TPSA) is 72.7 Å². The van der Waals surface area contributed by atoms with Crippen molar-refractivity contribution in [3.8, 4) is 16.9 Å². The molecule has 1 N–H and O–H groups in total. The third-order valence-corrected chi connectivity index (χ3v) is 3.33. The maximum absolute atomic E-state index is 13.2. The summed E-state index contributed by atoms with van der Waals surface area (Å²) in [7, 11) is 0. The van der Waals surface area contributed by atoms with E-state index >= 15 is 0 Å². The lowest BCUT2D eigenvalue weighted by molar-refractivity contribution is 0.0938. The molecule has 0 fully saturated rings. The molecule has 3 aromatic rings. The number of hydrogen-bond acceptors (Lipinski definition) is 4. The van der Waals surface area contributed by atoms with Crippen molar-refractivity contribution in [2.24, 2.45) is 0 Å². The van der Waals surface area contributed by atoms with Crippen molar-refractivity contribution < 1.29 is 9.18 Å². The molecule has 122 valence electrons. The number of carbonyl (C=O) groups is 1. The SMILES string of the molecule is CC(C)NC(=O)c1nnn(-c2ccc(F)cc2)c1-c1ccncc1. The predicted octanol–water partition coefficient (Wildman–Crippen LogP) is 2.61. The van der Waals surface area contributed by atoms with Crippen LogP contribution in [0.3, 0.4) is 0 Å². The first kappa shape index (κ1) is 15.8. The van der Waals surface area contributed by atoms with Gasteiger partial charge in [0, 0.05) is 24.0 Å². The molecule has 0 aliphatic rings. The molecule has 2 heterocycles. The predicted molar refractivity (Wildman–Crippen MR) is 87.2 cm³/mol. The lowest BCUT2D eigenvalue weighted by atomic mass is 10.1. The largest absolute Gasteiger partial charge is 0.348 e. The lowest BCUT2D eigenvalue weighted by Crippen LogP contribution is -2.30. The molecule has 7 heteroatoms. The molecule has 0 saturated carbocycles. The molecule has 0 aliphatic heterocycles. The highest BCUT2D eigenvalue weighted by atomic mass is 19.1. The summed E-state index contributed by atoms with van der Waals surface area (Å²) in [4.78, 5) is 16.4. The van der Waals surface area contributed by atoms with Gasteiger partial charge in [0.25, 0.3) is 5.91 Å². The van der Waals surface area contributed by atoms with Gasteiger partial charge >= 0.3 is 0 Å². The third kappa shape index (κ3) is 3.15. The van der Waals surface area contributed by atoms with Gasteiger partial charge in [0.2, 0.25) is 0 Å². The first-order valence-electron chi connectivity index (χ1n) is 7.49. The number of aromatic nitrogens is 4. The van der Waals surface area contributed by atoms with Crippen molar-refractivity contribution in [1.29, 1.82) is 0 Å². The van der Waals surface area contributed by atoms with Crippen molar-refractivity contribution in [1.82, 2.24) is 25.3 Å². The van der Waals surface area contributed by atoms with E-state index in [1.807, 2.05) is 13.8 Å². The van der Waals surface area contributed by atoms with Crippen LogP contribution in [0.15, 0.2) is 48.8 Å². The normalized spacial score (nSPS) is 10.8. The van der Waals surface area contributed by atoms with Crippen LogP contribution in [-0.2, 0) is 0 Å². The zero-order valence-electron chi connectivity index (χ0n) is 13.3. The number of nitrogens with zero attached hydrogens (tertiary/aromatic N) is 4. The molecule has 24 heavy (non-hydrogen) atoms. The van der Waals surface area contributed by atoms with Crippen LogP contribution in [0.25, 0.3) is 16.9 Å². The molecular weight excluding hydrogens is 309 g/mol. The number of rotatable bonds is 4. The number of amides is 1. The van der Waals surface area contributed by atoms with Crippen LogP contribution in [0.5, 0.6) is 0 Å². The number of pyridine rings is 1. The van der Waals surface area contributed by atoms with Gasteiger partial charge < -0.3 is 5.32 Å². The Morgan fingerprint density at radius 2 is 1.79 bits per heavy atom. The van der Waals surface area contributed by atoms with E-state index in [1.165, 1.54) is 16.8 Å². The summed E-state index contributed by atoms with van der Waals surface area (Å²) in [6.07, 6.45) is 3.25. The number of carbonyl (C=O) groups excluding carboxylic acids is 1. The van der Waals surface area contributed by atoms with E-state index in [9.17, 15) is 9.18 Å². The minimum absolute atomic E-state index is 0.0289. The Balaban J connectivity index is 2.15. The Morgan fingerprint density at radius 3 is 2.42 bits per heavy atom. The molecule has 1 amide bonds. The third-order valence-electron chi connectivity index (χ3n) is 3.33. The van der Waals surface area contributed by atoms with Gasteiger partial charge in [0.1, 0.15) is 11.5 Å². The molecule has 0 radical (unpaired) electrons. The Morgan fingerprint density at radius 1 is 1.12 bits per heavy atom. The van der Waals surface area contributed by atoms with Crippen molar-refractivity contribution in [3.63, 3.8) is 0 Å².